The number of thioether (sulfide) groups is 1. The summed E-state index contributed by atoms with van der Waals surface area (Å²) >= 11 is 1.27. The largest absolute Gasteiger partial charge is 0.303 e. The maximum absolute atomic E-state index is 10.9. The Bertz CT molecular complexity index is 625. The quantitative estimate of drug-likeness (QED) is 0.519. The summed E-state index contributed by atoms with van der Waals surface area (Å²) in [6.45, 7) is 0. The van der Waals surface area contributed by atoms with Crippen LogP contribution in [0, 0.1) is 10.1 Å². The SMILES string of the molecule is O=C1CSC(=NN=CC=Cc2ccccc2[N+](=O)[O-])N1. The van der Waals surface area contributed by atoms with Crippen LogP contribution in [0.25, 0.3) is 6.08 Å². The lowest BCUT2D eigenvalue weighted by molar-refractivity contribution is -0.385. The standard InChI is InChI=1S/C12H10N4O3S/c17-11-8-20-12(14-11)15-13-7-3-5-9-4-1-2-6-10(9)16(18)19/h1-7H,8H2,(H,14,15,17). The second-order valence-electron chi connectivity index (χ2n) is 3.68. The molecule has 20 heavy (non-hydrogen) atoms. The summed E-state index contributed by atoms with van der Waals surface area (Å²) in [6, 6.07) is 6.40. The number of benzene rings is 1. The number of amidine groups is 1. The maximum atomic E-state index is 10.9. The van der Waals surface area contributed by atoms with Crippen LogP contribution in [0.3, 0.4) is 0 Å². The molecule has 0 unspecified atom stereocenters. The van der Waals surface area contributed by atoms with Crippen LogP contribution in [0.2, 0.25) is 0 Å². The van der Waals surface area contributed by atoms with Gasteiger partial charge in [0.25, 0.3) is 5.69 Å². The van der Waals surface area contributed by atoms with Crippen molar-refractivity contribution in [2.24, 2.45) is 10.2 Å². The summed E-state index contributed by atoms with van der Waals surface area (Å²) in [7, 11) is 0. The fourth-order valence-corrected chi connectivity index (χ4v) is 2.08. The fourth-order valence-electron chi connectivity index (χ4n) is 1.44. The number of nitrogens with zero attached hydrogens (tertiary/aromatic N) is 3. The first-order valence-electron chi connectivity index (χ1n) is 5.60. The number of nitro groups is 1. The summed E-state index contributed by atoms with van der Waals surface area (Å²) in [5, 5.41) is 21.3. The van der Waals surface area contributed by atoms with E-state index in [9.17, 15) is 14.9 Å². The van der Waals surface area contributed by atoms with E-state index in [0.29, 0.717) is 16.5 Å². The van der Waals surface area contributed by atoms with Crippen molar-refractivity contribution in [2.45, 2.75) is 0 Å². The minimum absolute atomic E-state index is 0.0297. The first-order chi connectivity index (χ1) is 9.66. The van der Waals surface area contributed by atoms with Crippen molar-refractivity contribution in [3.63, 3.8) is 0 Å². The second kappa shape index (κ2) is 6.62. The molecule has 1 N–H and O–H groups in total. The van der Waals surface area contributed by atoms with Gasteiger partial charge in [0.2, 0.25) is 5.91 Å². The Morgan fingerprint density at radius 3 is 2.90 bits per heavy atom. The summed E-state index contributed by atoms with van der Waals surface area (Å²) < 4.78 is 0. The van der Waals surface area contributed by atoms with Crippen LogP contribution in [-0.2, 0) is 4.79 Å². The van der Waals surface area contributed by atoms with Crippen molar-refractivity contribution in [1.82, 2.24) is 5.32 Å². The highest BCUT2D eigenvalue weighted by atomic mass is 32.2. The predicted molar refractivity (Wildman–Crippen MR) is 78.7 cm³/mol. The third-order valence-electron chi connectivity index (χ3n) is 2.30. The van der Waals surface area contributed by atoms with Gasteiger partial charge in [-0.3, -0.25) is 14.9 Å². The molecule has 1 fully saturated rings. The first kappa shape index (κ1) is 13.9. The number of nitro benzene ring substituents is 1. The van der Waals surface area contributed by atoms with Gasteiger partial charge >= 0.3 is 0 Å². The maximum Gasteiger partial charge on any atom is 0.276 e. The molecule has 0 aromatic heterocycles. The van der Waals surface area contributed by atoms with Gasteiger partial charge in [-0.15, -0.1) is 5.10 Å². The van der Waals surface area contributed by atoms with Crippen molar-refractivity contribution in [3.8, 4) is 0 Å². The number of rotatable bonds is 4. The third-order valence-corrected chi connectivity index (χ3v) is 3.16. The molecule has 1 aliphatic heterocycles. The summed E-state index contributed by atoms with van der Waals surface area (Å²) in [5.74, 6) is 0.250. The summed E-state index contributed by atoms with van der Waals surface area (Å²) in [5.41, 5.74) is 0.516. The van der Waals surface area contributed by atoms with E-state index in [1.807, 2.05) is 0 Å². The highest BCUT2D eigenvalue weighted by Gasteiger charge is 2.15. The monoisotopic (exact) mass is 290 g/mol. The lowest BCUT2D eigenvalue weighted by Gasteiger charge is -1.94. The average Bonchev–Trinajstić information content (AvgIpc) is 2.84. The molecule has 1 saturated heterocycles. The molecule has 1 aliphatic rings. The number of carbonyl (C=O) groups is 1. The van der Waals surface area contributed by atoms with Crippen LogP contribution in [-0.4, -0.2) is 28.0 Å². The fraction of sp³-hybridized carbons (Fsp3) is 0.0833. The number of amides is 1. The Kier molecular flexibility index (Phi) is 4.61. The Morgan fingerprint density at radius 2 is 2.20 bits per heavy atom. The van der Waals surface area contributed by atoms with Gasteiger partial charge in [0.15, 0.2) is 5.17 Å². The van der Waals surface area contributed by atoms with Crippen molar-refractivity contribution >= 4 is 40.8 Å². The Balaban J connectivity index is 2.00. The molecule has 1 amide bonds. The number of carbonyl (C=O) groups excluding carboxylic acids is 1. The Labute approximate surface area is 118 Å². The van der Waals surface area contributed by atoms with Crippen molar-refractivity contribution in [1.29, 1.82) is 0 Å². The zero-order valence-corrected chi connectivity index (χ0v) is 11.0. The minimum Gasteiger partial charge on any atom is -0.303 e. The van der Waals surface area contributed by atoms with E-state index in [0.717, 1.165) is 0 Å². The van der Waals surface area contributed by atoms with E-state index >= 15 is 0 Å². The zero-order valence-electron chi connectivity index (χ0n) is 10.2. The number of hydrogen-bond acceptors (Lipinski definition) is 6. The number of nitrogens with one attached hydrogen (secondary N) is 1. The molecule has 2 rings (SSSR count). The van der Waals surface area contributed by atoms with Crippen LogP contribution < -0.4 is 5.32 Å². The van der Waals surface area contributed by atoms with Gasteiger partial charge in [-0.2, -0.15) is 5.10 Å². The van der Waals surface area contributed by atoms with E-state index in [1.165, 1.54) is 24.0 Å². The van der Waals surface area contributed by atoms with Gasteiger partial charge in [-0.05, 0) is 18.2 Å². The second-order valence-corrected chi connectivity index (χ2v) is 4.65. The molecule has 1 aromatic carbocycles. The van der Waals surface area contributed by atoms with E-state index in [2.05, 4.69) is 15.5 Å². The third kappa shape index (κ3) is 3.75. The molecular formula is C12H10N4O3S. The molecule has 1 aromatic rings. The van der Waals surface area contributed by atoms with Crippen LogP contribution in [0.4, 0.5) is 5.69 Å². The van der Waals surface area contributed by atoms with E-state index in [4.69, 9.17) is 0 Å². The highest BCUT2D eigenvalue weighted by Crippen LogP contribution is 2.18. The molecule has 0 aliphatic carbocycles. The smallest absolute Gasteiger partial charge is 0.276 e. The molecule has 7 nitrogen and oxygen atoms in total. The van der Waals surface area contributed by atoms with Crippen molar-refractivity contribution < 1.29 is 9.72 Å². The number of para-hydroxylation sites is 1. The van der Waals surface area contributed by atoms with Crippen LogP contribution in [0.1, 0.15) is 5.56 Å². The van der Waals surface area contributed by atoms with Crippen LogP contribution in [0.5, 0.6) is 0 Å². The Morgan fingerprint density at radius 1 is 1.40 bits per heavy atom. The molecule has 8 heteroatoms. The van der Waals surface area contributed by atoms with Crippen LogP contribution in [0.15, 0.2) is 40.5 Å². The molecule has 0 spiro atoms. The van der Waals surface area contributed by atoms with Gasteiger partial charge < -0.3 is 5.32 Å². The minimum atomic E-state index is -0.443. The number of allylic oxidation sites excluding steroid dienone is 1. The average molecular weight is 290 g/mol. The molecule has 0 radical (unpaired) electrons. The molecule has 0 bridgehead atoms. The van der Waals surface area contributed by atoms with Crippen molar-refractivity contribution in [2.75, 3.05) is 5.75 Å². The van der Waals surface area contributed by atoms with Gasteiger partial charge in [-0.25, -0.2) is 0 Å². The lowest BCUT2D eigenvalue weighted by atomic mass is 10.2. The lowest BCUT2D eigenvalue weighted by Crippen LogP contribution is -2.19. The van der Waals surface area contributed by atoms with Crippen molar-refractivity contribution in [3.05, 3.63) is 46.0 Å². The number of hydrogen-bond donors (Lipinski definition) is 1. The molecule has 0 saturated carbocycles. The Hall–Kier alpha value is -2.48. The molecular weight excluding hydrogens is 280 g/mol. The summed E-state index contributed by atoms with van der Waals surface area (Å²) in [4.78, 5) is 21.2. The zero-order chi connectivity index (χ0) is 14.4. The first-order valence-corrected chi connectivity index (χ1v) is 6.59. The van der Waals surface area contributed by atoms with E-state index in [-0.39, 0.29) is 11.6 Å². The predicted octanol–water partition coefficient (Wildman–Crippen LogP) is 1.81. The van der Waals surface area contributed by atoms with E-state index < -0.39 is 4.92 Å². The summed E-state index contributed by atoms with van der Waals surface area (Å²) in [6.07, 6.45) is 4.52. The van der Waals surface area contributed by atoms with Gasteiger partial charge in [-0.1, -0.05) is 23.9 Å². The molecule has 1 heterocycles. The van der Waals surface area contributed by atoms with Gasteiger partial charge in [0.05, 0.1) is 16.2 Å². The molecule has 102 valence electrons. The normalized spacial score (nSPS) is 17.2. The molecule has 0 atom stereocenters. The topological polar surface area (TPSA) is 97.0 Å². The van der Waals surface area contributed by atoms with Crippen LogP contribution >= 0.6 is 11.8 Å². The highest BCUT2D eigenvalue weighted by molar-refractivity contribution is 8.15. The van der Waals surface area contributed by atoms with Gasteiger partial charge in [0, 0.05) is 12.3 Å². The van der Waals surface area contributed by atoms with E-state index in [1.54, 1.807) is 30.4 Å². The van der Waals surface area contributed by atoms with Gasteiger partial charge in [0.1, 0.15) is 0 Å².